The first-order valence-corrected chi connectivity index (χ1v) is 13.7. The van der Waals surface area contributed by atoms with Gasteiger partial charge in [0.25, 0.3) is 5.91 Å². The van der Waals surface area contributed by atoms with Crippen molar-refractivity contribution in [2.24, 2.45) is 5.10 Å². The summed E-state index contributed by atoms with van der Waals surface area (Å²) in [5.41, 5.74) is 2.51. The van der Waals surface area contributed by atoms with Gasteiger partial charge in [0, 0.05) is 43.8 Å². The normalized spacial score (nSPS) is 22.7. The van der Waals surface area contributed by atoms with Crippen LogP contribution in [0, 0.1) is 0 Å². The van der Waals surface area contributed by atoms with Gasteiger partial charge in [0.2, 0.25) is 5.91 Å². The number of hydrogen-bond donors (Lipinski definition) is 1. The molecule has 3 aliphatic heterocycles. The lowest BCUT2D eigenvalue weighted by Crippen LogP contribution is -2.42. The number of aromatic nitrogens is 1. The van der Waals surface area contributed by atoms with Crippen molar-refractivity contribution in [1.82, 2.24) is 14.9 Å². The molecule has 11 heteroatoms. The number of nitrogens with zero attached hydrogens (tertiary/aromatic N) is 4. The number of amides is 2. The van der Waals surface area contributed by atoms with Crippen molar-refractivity contribution in [3.63, 3.8) is 0 Å². The van der Waals surface area contributed by atoms with E-state index in [1.54, 1.807) is 0 Å². The fourth-order valence-corrected chi connectivity index (χ4v) is 7.17. The Labute approximate surface area is 196 Å². The van der Waals surface area contributed by atoms with Gasteiger partial charge in [-0.2, -0.15) is 5.10 Å². The summed E-state index contributed by atoms with van der Waals surface area (Å²) in [6.45, 7) is 2.57. The number of carbonyl (C=O) groups excluding carboxylic acids is 2. The van der Waals surface area contributed by atoms with E-state index >= 15 is 0 Å². The summed E-state index contributed by atoms with van der Waals surface area (Å²) < 4.78 is 23.6. The van der Waals surface area contributed by atoms with Gasteiger partial charge in [-0.15, -0.1) is 11.3 Å². The zero-order valence-corrected chi connectivity index (χ0v) is 19.7. The largest absolute Gasteiger partial charge is 0.297 e. The topological polar surface area (TPSA) is 112 Å². The summed E-state index contributed by atoms with van der Waals surface area (Å²) in [4.78, 5) is 33.2. The van der Waals surface area contributed by atoms with Gasteiger partial charge in [-0.1, -0.05) is 30.3 Å². The first-order chi connectivity index (χ1) is 15.9. The van der Waals surface area contributed by atoms with Crippen LogP contribution in [-0.2, 0) is 38.9 Å². The van der Waals surface area contributed by atoms with Crippen molar-refractivity contribution in [3.05, 3.63) is 46.5 Å². The highest BCUT2D eigenvalue weighted by Gasteiger charge is 2.37. The molecule has 3 aliphatic rings. The molecule has 1 fully saturated rings. The molecule has 0 bridgehead atoms. The van der Waals surface area contributed by atoms with Gasteiger partial charge in [0.15, 0.2) is 15.0 Å². The molecule has 1 saturated heterocycles. The average Bonchev–Trinajstić information content (AvgIpc) is 3.36. The first kappa shape index (κ1) is 22.2. The Kier molecular flexibility index (Phi) is 6.02. The average molecular weight is 488 g/mol. The second-order valence-electron chi connectivity index (χ2n) is 8.63. The van der Waals surface area contributed by atoms with Gasteiger partial charge in [0.1, 0.15) is 5.71 Å². The summed E-state index contributed by atoms with van der Waals surface area (Å²) in [5, 5.41) is 8.81. The van der Waals surface area contributed by atoms with Gasteiger partial charge in [-0.25, -0.2) is 18.4 Å². The van der Waals surface area contributed by atoms with Gasteiger partial charge >= 0.3 is 0 Å². The van der Waals surface area contributed by atoms with Gasteiger partial charge in [0.05, 0.1) is 23.2 Å². The van der Waals surface area contributed by atoms with E-state index in [4.69, 9.17) is 0 Å². The van der Waals surface area contributed by atoms with E-state index in [1.807, 2.05) is 18.2 Å². The monoisotopic (exact) mass is 487 g/mol. The number of thiazole rings is 1. The number of rotatable bonds is 5. The SMILES string of the molecule is O=C(Nc1nc2c(s1)CN(Cc1ccccc1)CC2)C1=NN([C@H]2CCS(=O)(=O)C2)C(=O)CC1. The Hall–Kier alpha value is -2.63. The Balaban J connectivity index is 1.24. The van der Waals surface area contributed by atoms with Crippen LogP contribution >= 0.6 is 11.3 Å². The third-order valence-corrected chi connectivity index (χ3v) is 8.90. The minimum absolute atomic E-state index is 0.0461. The molecule has 0 aliphatic carbocycles. The molecule has 4 heterocycles. The number of hydrazone groups is 1. The fourth-order valence-electron chi connectivity index (χ4n) is 4.44. The molecule has 0 unspecified atom stereocenters. The minimum Gasteiger partial charge on any atom is -0.297 e. The highest BCUT2D eigenvalue weighted by atomic mass is 32.2. The van der Waals surface area contributed by atoms with Crippen molar-refractivity contribution in [3.8, 4) is 0 Å². The maximum absolute atomic E-state index is 12.8. The second-order valence-corrected chi connectivity index (χ2v) is 11.9. The zero-order chi connectivity index (χ0) is 23.0. The summed E-state index contributed by atoms with van der Waals surface area (Å²) in [7, 11) is -3.16. The molecule has 5 rings (SSSR count). The molecule has 1 atom stereocenters. The molecule has 0 spiro atoms. The first-order valence-electron chi connectivity index (χ1n) is 11.0. The van der Waals surface area contributed by atoms with E-state index in [0.717, 1.165) is 36.6 Å². The lowest BCUT2D eigenvalue weighted by Gasteiger charge is -2.27. The lowest BCUT2D eigenvalue weighted by atomic mass is 10.1. The number of sulfone groups is 1. The Morgan fingerprint density at radius 3 is 2.76 bits per heavy atom. The number of nitrogens with one attached hydrogen (secondary N) is 1. The summed E-state index contributed by atoms with van der Waals surface area (Å²) in [5.74, 6) is -0.683. The Morgan fingerprint density at radius 2 is 2.00 bits per heavy atom. The van der Waals surface area contributed by atoms with Crippen LogP contribution in [0.5, 0.6) is 0 Å². The number of fused-ring (bicyclic) bond motifs is 1. The molecule has 174 valence electrons. The fraction of sp³-hybridized carbons (Fsp3) is 0.455. The maximum Gasteiger partial charge on any atom is 0.273 e. The highest BCUT2D eigenvalue weighted by molar-refractivity contribution is 7.91. The van der Waals surface area contributed by atoms with Crippen LogP contribution in [-0.4, -0.2) is 64.9 Å². The zero-order valence-electron chi connectivity index (χ0n) is 18.1. The Bertz CT molecular complexity index is 1210. The standard InChI is InChI=1S/C22H25N5O4S2/c28-20-7-6-18(25-27(20)16-9-11-33(30,31)14-16)21(29)24-22-23-17-8-10-26(13-19(17)32-22)12-15-4-2-1-3-5-15/h1-5,16H,6-14H2,(H,23,24,29)/t16-/m0/s1. The molecule has 1 N–H and O–H groups in total. The molecule has 1 aromatic heterocycles. The van der Waals surface area contributed by atoms with E-state index in [0.29, 0.717) is 11.6 Å². The number of benzene rings is 1. The van der Waals surface area contributed by atoms with E-state index in [1.165, 1.54) is 21.9 Å². The van der Waals surface area contributed by atoms with E-state index < -0.39 is 15.9 Å². The Morgan fingerprint density at radius 1 is 1.18 bits per heavy atom. The van der Waals surface area contributed by atoms with Crippen LogP contribution in [0.3, 0.4) is 0 Å². The van der Waals surface area contributed by atoms with Crippen LogP contribution in [0.25, 0.3) is 0 Å². The molecular formula is C22H25N5O4S2. The van der Waals surface area contributed by atoms with Crippen molar-refractivity contribution >= 4 is 43.8 Å². The van der Waals surface area contributed by atoms with Gasteiger partial charge < -0.3 is 0 Å². The molecular weight excluding hydrogens is 462 g/mol. The minimum atomic E-state index is -3.16. The predicted octanol–water partition coefficient (Wildman–Crippen LogP) is 1.81. The van der Waals surface area contributed by atoms with Gasteiger partial charge in [-0.05, 0) is 12.0 Å². The summed E-state index contributed by atoms with van der Waals surface area (Å²) in [6.07, 6.45) is 1.56. The summed E-state index contributed by atoms with van der Waals surface area (Å²) in [6, 6.07) is 9.84. The second kappa shape index (κ2) is 8.96. The molecule has 0 radical (unpaired) electrons. The molecule has 1 aromatic carbocycles. The quantitative estimate of drug-likeness (QED) is 0.688. The van der Waals surface area contributed by atoms with E-state index in [9.17, 15) is 18.0 Å². The molecule has 9 nitrogen and oxygen atoms in total. The molecule has 0 saturated carbocycles. The lowest BCUT2D eigenvalue weighted by molar-refractivity contribution is -0.133. The summed E-state index contributed by atoms with van der Waals surface area (Å²) >= 11 is 1.47. The number of anilines is 1. The number of hydrogen-bond acceptors (Lipinski definition) is 8. The van der Waals surface area contributed by atoms with Crippen molar-refractivity contribution in [2.75, 3.05) is 23.4 Å². The van der Waals surface area contributed by atoms with Gasteiger partial charge in [-0.3, -0.25) is 19.8 Å². The van der Waals surface area contributed by atoms with E-state index in [2.05, 4.69) is 32.4 Å². The smallest absolute Gasteiger partial charge is 0.273 e. The predicted molar refractivity (Wildman–Crippen MR) is 126 cm³/mol. The van der Waals surface area contributed by atoms with Crippen LogP contribution in [0.1, 0.15) is 35.4 Å². The van der Waals surface area contributed by atoms with Crippen LogP contribution in [0.15, 0.2) is 35.4 Å². The molecule has 2 aromatic rings. The van der Waals surface area contributed by atoms with Crippen molar-refractivity contribution in [1.29, 1.82) is 0 Å². The van der Waals surface area contributed by atoms with Crippen LogP contribution < -0.4 is 5.32 Å². The maximum atomic E-state index is 12.8. The number of carbonyl (C=O) groups is 2. The van der Waals surface area contributed by atoms with Crippen molar-refractivity contribution in [2.45, 2.75) is 44.8 Å². The van der Waals surface area contributed by atoms with E-state index in [-0.39, 0.29) is 41.9 Å². The highest BCUT2D eigenvalue weighted by Crippen LogP contribution is 2.29. The molecule has 33 heavy (non-hydrogen) atoms. The van der Waals surface area contributed by atoms with Crippen LogP contribution in [0.4, 0.5) is 5.13 Å². The third kappa shape index (κ3) is 4.99. The van der Waals surface area contributed by atoms with Crippen molar-refractivity contribution < 1.29 is 18.0 Å². The third-order valence-electron chi connectivity index (χ3n) is 6.16. The van der Waals surface area contributed by atoms with Crippen LogP contribution in [0.2, 0.25) is 0 Å². The molecule has 2 amide bonds.